The number of carboxylic acids is 1. The number of allylic oxidation sites excluding steroid dienone is 2. The number of aromatic carboxylic acids is 1. The highest BCUT2D eigenvalue weighted by atomic mass is 16.6. The van der Waals surface area contributed by atoms with Crippen LogP contribution in [0.15, 0.2) is 47.8 Å². The van der Waals surface area contributed by atoms with Gasteiger partial charge in [-0.2, -0.15) is 0 Å². The predicted molar refractivity (Wildman–Crippen MR) is 96.6 cm³/mol. The standard InChI is InChI=1S/C18H16N2O8/c1-10-8-11(20(25)26)9-13(16(21)22)14(10)19-7-5-4-6-12(17(23)27-2)15(19)18(24)28-3/h4-9H,1-3H3,(H,21,22). The van der Waals surface area contributed by atoms with Crippen LogP contribution in [-0.2, 0) is 19.1 Å². The summed E-state index contributed by atoms with van der Waals surface area (Å²) < 4.78 is 9.45. The second-order valence-corrected chi connectivity index (χ2v) is 5.54. The van der Waals surface area contributed by atoms with Gasteiger partial charge >= 0.3 is 17.9 Å². The maximum absolute atomic E-state index is 12.4. The maximum atomic E-state index is 12.4. The molecule has 146 valence electrons. The lowest BCUT2D eigenvalue weighted by atomic mass is 10.0. The van der Waals surface area contributed by atoms with Gasteiger partial charge in [-0.15, -0.1) is 0 Å². The van der Waals surface area contributed by atoms with Gasteiger partial charge in [0.2, 0.25) is 0 Å². The van der Waals surface area contributed by atoms with E-state index in [2.05, 4.69) is 0 Å². The molecule has 1 aromatic carbocycles. The highest BCUT2D eigenvalue weighted by Crippen LogP contribution is 2.35. The number of carbonyl (C=O) groups excluding carboxylic acids is 2. The molecule has 0 aromatic heterocycles. The first kappa shape index (κ1) is 20.4. The molecule has 1 N–H and O–H groups in total. The summed E-state index contributed by atoms with van der Waals surface area (Å²) >= 11 is 0. The van der Waals surface area contributed by atoms with Gasteiger partial charge in [-0.25, -0.2) is 14.4 Å². The van der Waals surface area contributed by atoms with E-state index < -0.39 is 34.1 Å². The molecule has 1 heterocycles. The molecule has 0 radical (unpaired) electrons. The molecule has 2 rings (SSSR count). The Labute approximate surface area is 159 Å². The topological polar surface area (TPSA) is 136 Å². The minimum Gasteiger partial charge on any atom is -0.478 e. The van der Waals surface area contributed by atoms with E-state index in [-0.39, 0.29) is 22.5 Å². The molecule has 28 heavy (non-hydrogen) atoms. The molecule has 1 aliphatic rings. The van der Waals surface area contributed by atoms with E-state index in [1.807, 2.05) is 0 Å². The fraction of sp³-hybridized carbons (Fsp3) is 0.167. The summed E-state index contributed by atoms with van der Waals surface area (Å²) in [4.78, 5) is 47.9. The minimum atomic E-state index is -1.45. The third-order valence-electron chi connectivity index (χ3n) is 3.86. The van der Waals surface area contributed by atoms with Crippen molar-refractivity contribution in [2.75, 3.05) is 19.1 Å². The second-order valence-electron chi connectivity index (χ2n) is 5.54. The molecule has 0 atom stereocenters. The Morgan fingerprint density at radius 1 is 1.11 bits per heavy atom. The SMILES string of the molecule is COC(=O)C1=C(C(=O)OC)N(c2c(C)cc([N+](=O)[O-])cc2C(=O)O)C=CC=C1. The zero-order chi connectivity index (χ0) is 21.0. The Morgan fingerprint density at radius 2 is 1.75 bits per heavy atom. The summed E-state index contributed by atoms with van der Waals surface area (Å²) in [5, 5.41) is 20.7. The zero-order valence-electron chi connectivity index (χ0n) is 15.2. The fourth-order valence-corrected chi connectivity index (χ4v) is 2.69. The third kappa shape index (κ3) is 3.75. The average molecular weight is 388 g/mol. The first-order valence-corrected chi connectivity index (χ1v) is 7.80. The molecule has 0 bridgehead atoms. The van der Waals surface area contributed by atoms with Crippen LogP contribution in [0.3, 0.4) is 0 Å². The lowest BCUT2D eigenvalue weighted by Crippen LogP contribution is -2.28. The number of ether oxygens (including phenoxy) is 2. The summed E-state index contributed by atoms with van der Waals surface area (Å²) in [6, 6.07) is 2.05. The van der Waals surface area contributed by atoms with Crippen molar-refractivity contribution in [1.29, 1.82) is 0 Å². The van der Waals surface area contributed by atoms with Crippen molar-refractivity contribution < 1.29 is 33.9 Å². The van der Waals surface area contributed by atoms with Crippen LogP contribution >= 0.6 is 0 Å². The van der Waals surface area contributed by atoms with Crippen molar-refractivity contribution >= 4 is 29.3 Å². The number of anilines is 1. The number of rotatable bonds is 5. The molecule has 1 aliphatic heterocycles. The number of non-ortho nitro benzene ring substituents is 1. The quantitative estimate of drug-likeness (QED) is 0.456. The largest absolute Gasteiger partial charge is 0.478 e. The van der Waals surface area contributed by atoms with Crippen LogP contribution in [0.5, 0.6) is 0 Å². The average Bonchev–Trinajstić information content (AvgIpc) is 2.88. The van der Waals surface area contributed by atoms with Crippen LogP contribution in [0.1, 0.15) is 15.9 Å². The van der Waals surface area contributed by atoms with E-state index in [0.717, 1.165) is 25.2 Å². The lowest BCUT2D eigenvalue weighted by Gasteiger charge is -2.26. The molecular formula is C18H16N2O8. The number of esters is 2. The van der Waals surface area contributed by atoms with Gasteiger partial charge in [0.05, 0.1) is 36.0 Å². The van der Waals surface area contributed by atoms with Crippen molar-refractivity contribution in [3.8, 4) is 0 Å². The molecule has 0 fully saturated rings. The van der Waals surface area contributed by atoms with E-state index in [4.69, 9.17) is 9.47 Å². The van der Waals surface area contributed by atoms with E-state index in [1.54, 1.807) is 0 Å². The normalized spacial score (nSPS) is 13.2. The van der Waals surface area contributed by atoms with Crippen LogP contribution in [0.2, 0.25) is 0 Å². The monoisotopic (exact) mass is 388 g/mol. The third-order valence-corrected chi connectivity index (χ3v) is 3.86. The first-order valence-electron chi connectivity index (χ1n) is 7.80. The molecule has 1 aromatic rings. The Balaban J connectivity index is 2.87. The molecule has 0 spiro atoms. The molecule has 0 saturated carbocycles. The summed E-state index contributed by atoms with van der Waals surface area (Å²) in [6.45, 7) is 1.45. The van der Waals surface area contributed by atoms with E-state index in [0.29, 0.717) is 0 Å². The van der Waals surface area contributed by atoms with Crippen LogP contribution in [0.4, 0.5) is 11.4 Å². The van der Waals surface area contributed by atoms with Crippen LogP contribution < -0.4 is 4.90 Å². The zero-order valence-corrected chi connectivity index (χ0v) is 15.2. The molecule has 10 heteroatoms. The van der Waals surface area contributed by atoms with E-state index in [9.17, 15) is 29.6 Å². The van der Waals surface area contributed by atoms with Crippen LogP contribution in [0.25, 0.3) is 0 Å². The number of methoxy groups -OCH3 is 2. The van der Waals surface area contributed by atoms with Crippen molar-refractivity contribution in [2.24, 2.45) is 0 Å². The smallest absolute Gasteiger partial charge is 0.355 e. The Kier molecular flexibility index (Phi) is 5.94. The number of nitrogens with zero attached hydrogens (tertiary/aromatic N) is 2. The molecular weight excluding hydrogens is 372 g/mol. The highest BCUT2D eigenvalue weighted by molar-refractivity contribution is 6.07. The molecule has 0 saturated heterocycles. The van der Waals surface area contributed by atoms with Gasteiger partial charge in [0.1, 0.15) is 5.70 Å². The Bertz CT molecular complexity index is 959. The van der Waals surface area contributed by atoms with Gasteiger partial charge in [-0.05, 0) is 24.6 Å². The lowest BCUT2D eigenvalue weighted by molar-refractivity contribution is -0.384. The minimum absolute atomic E-state index is 0.0279. The molecule has 0 amide bonds. The number of nitro groups is 1. The Morgan fingerprint density at radius 3 is 2.29 bits per heavy atom. The highest BCUT2D eigenvalue weighted by Gasteiger charge is 2.31. The predicted octanol–water partition coefficient (Wildman–Crippen LogP) is 2.09. The van der Waals surface area contributed by atoms with E-state index in [1.165, 1.54) is 37.4 Å². The summed E-state index contributed by atoms with van der Waals surface area (Å²) in [5.74, 6) is -3.22. The van der Waals surface area contributed by atoms with Crippen LogP contribution in [0, 0.1) is 17.0 Å². The van der Waals surface area contributed by atoms with E-state index >= 15 is 0 Å². The second kappa shape index (κ2) is 8.16. The van der Waals surface area contributed by atoms with Gasteiger partial charge in [0.15, 0.2) is 0 Å². The van der Waals surface area contributed by atoms with Gasteiger partial charge in [-0.1, -0.05) is 6.08 Å². The number of benzene rings is 1. The number of carboxylic acid groups (broad SMARTS) is 1. The number of nitro benzene ring substituents is 1. The molecule has 10 nitrogen and oxygen atoms in total. The van der Waals surface area contributed by atoms with Crippen molar-refractivity contribution in [1.82, 2.24) is 0 Å². The summed E-state index contributed by atoms with van der Waals surface area (Å²) in [7, 11) is 2.22. The number of carbonyl (C=O) groups is 3. The maximum Gasteiger partial charge on any atom is 0.355 e. The van der Waals surface area contributed by atoms with Gasteiger partial charge in [-0.3, -0.25) is 10.1 Å². The number of hydrogen-bond acceptors (Lipinski definition) is 8. The summed E-state index contributed by atoms with van der Waals surface area (Å²) in [5.41, 5.74) is -1.15. The van der Waals surface area contributed by atoms with Crippen molar-refractivity contribution in [3.63, 3.8) is 0 Å². The van der Waals surface area contributed by atoms with Gasteiger partial charge in [0.25, 0.3) is 5.69 Å². The summed E-state index contributed by atoms with van der Waals surface area (Å²) in [6.07, 6.45) is 5.58. The molecule has 0 unspecified atom stereocenters. The van der Waals surface area contributed by atoms with Crippen molar-refractivity contribution in [3.05, 3.63) is 69.1 Å². The van der Waals surface area contributed by atoms with Crippen molar-refractivity contribution in [2.45, 2.75) is 6.92 Å². The Hall–Kier alpha value is -3.95. The van der Waals surface area contributed by atoms with Gasteiger partial charge < -0.3 is 19.5 Å². The molecule has 0 aliphatic carbocycles. The fourth-order valence-electron chi connectivity index (χ4n) is 2.69. The van der Waals surface area contributed by atoms with Gasteiger partial charge in [0, 0.05) is 18.3 Å². The van der Waals surface area contributed by atoms with Crippen LogP contribution in [-0.4, -0.2) is 42.2 Å². The number of aryl methyl sites for hydroxylation is 1. The first-order chi connectivity index (χ1) is 13.2. The number of hydrogen-bond donors (Lipinski definition) is 1.